The Morgan fingerprint density at radius 3 is 2.45 bits per heavy atom. The largest absolute Gasteiger partial charge is 0.368 e. The first kappa shape index (κ1) is 15.9. The molecule has 0 saturated carbocycles. The topological polar surface area (TPSA) is 46.2 Å². The van der Waals surface area contributed by atoms with Gasteiger partial charge in [-0.25, -0.2) is 0 Å². The smallest absolute Gasteiger partial charge is 0.186 e. The van der Waals surface area contributed by atoms with Crippen molar-refractivity contribution in [3.05, 3.63) is 35.9 Å². The van der Waals surface area contributed by atoms with Crippen LogP contribution in [0, 0.1) is 0 Å². The molecule has 122 valence electrons. The van der Waals surface area contributed by atoms with Crippen LogP contribution in [0.4, 0.5) is 0 Å². The van der Waals surface area contributed by atoms with Gasteiger partial charge in [-0.05, 0) is 26.3 Å². The third-order valence-corrected chi connectivity index (χ3v) is 4.08. The lowest BCUT2D eigenvalue weighted by Gasteiger charge is -2.40. The van der Waals surface area contributed by atoms with E-state index in [-0.39, 0.29) is 24.4 Å². The van der Waals surface area contributed by atoms with Crippen LogP contribution in [0.3, 0.4) is 0 Å². The van der Waals surface area contributed by atoms with Gasteiger partial charge in [0.25, 0.3) is 0 Å². The van der Waals surface area contributed by atoms with Gasteiger partial charge in [0.1, 0.15) is 18.3 Å². The molecular formula is C17H24O5. The third kappa shape index (κ3) is 3.19. The van der Waals surface area contributed by atoms with Gasteiger partial charge >= 0.3 is 0 Å². The standard InChI is InChI=1S/C17H24O5/c1-11-13(19-10-12-8-6-5-7-9-12)14-15(16(18-4)20-11)22-17(2,3)21-14/h5-9,11,13-16H,10H2,1-4H3/t11-,13-,14+,15+,16+/m0/s1. The van der Waals surface area contributed by atoms with E-state index in [9.17, 15) is 0 Å². The minimum Gasteiger partial charge on any atom is -0.368 e. The van der Waals surface area contributed by atoms with Crippen LogP contribution in [0.15, 0.2) is 30.3 Å². The van der Waals surface area contributed by atoms with Gasteiger partial charge in [0, 0.05) is 7.11 Å². The first-order chi connectivity index (χ1) is 10.5. The molecule has 2 aliphatic rings. The van der Waals surface area contributed by atoms with Crippen LogP contribution in [-0.2, 0) is 30.3 Å². The quantitative estimate of drug-likeness (QED) is 0.855. The maximum Gasteiger partial charge on any atom is 0.186 e. The van der Waals surface area contributed by atoms with E-state index in [0.717, 1.165) is 5.56 Å². The van der Waals surface area contributed by atoms with Crippen LogP contribution in [0.1, 0.15) is 26.3 Å². The average molecular weight is 308 g/mol. The predicted molar refractivity (Wildman–Crippen MR) is 80.2 cm³/mol. The lowest BCUT2D eigenvalue weighted by atomic mass is 9.99. The third-order valence-electron chi connectivity index (χ3n) is 4.08. The zero-order chi connectivity index (χ0) is 15.7. The van der Waals surface area contributed by atoms with Crippen LogP contribution in [0.25, 0.3) is 0 Å². The second-order valence-electron chi connectivity index (χ2n) is 6.27. The monoisotopic (exact) mass is 308 g/mol. The maximum absolute atomic E-state index is 6.10. The van der Waals surface area contributed by atoms with Crippen LogP contribution in [0.2, 0.25) is 0 Å². The Kier molecular flexibility index (Phi) is 4.52. The summed E-state index contributed by atoms with van der Waals surface area (Å²) < 4.78 is 29.4. The van der Waals surface area contributed by atoms with Gasteiger partial charge in [0.05, 0.1) is 12.7 Å². The summed E-state index contributed by atoms with van der Waals surface area (Å²) in [5.74, 6) is -0.659. The summed E-state index contributed by atoms with van der Waals surface area (Å²) in [6.45, 7) is 6.30. The van der Waals surface area contributed by atoms with Crippen molar-refractivity contribution in [2.24, 2.45) is 0 Å². The summed E-state index contributed by atoms with van der Waals surface area (Å²) in [4.78, 5) is 0. The van der Waals surface area contributed by atoms with Crippen LogP contribution in [-0.4, -0.2) is 43.6 Å². The Labute approximate surface area is 131 Å². The van der Waals surface area contributed by atoms with E-state index in [0.29, 0.717) is 6.61 Å². The molecule has 1 aromatic carbocycles. The molecule has 2 heterocycles. The van der Waals surface area contributed by atoms with Gasteiger partial charge in [-0.1, -0.05) is 30.3 Å². The highest BCUT2D eigenvalue weighted by molar-refractivity contribution is 5.13. The van der Waals surface area contributed by atoms with Gasteiger partial charge in [0.2, 0.25) is 0 Å². The lowest BCUT2D eigenvalue weighted by Crippen LogP contribution is -2.56. The molecule has 5 nitrogen and oxygen atoms in total. The summed E-state index contributed by atoms with van der Waals surface area (Å²) in [7, 11) is 1.62. The Bertz CT molecular complexity index is 489. The summed E-state index contributed by atoms with van der Waals surface area (Å²) in [5, 5.41) is 0. The predicted octanol–water partition coefficient (Wildman–Crippen LogP) is 2.48. The molecule has 2 aliphatic heterocycles. The number of methoxy groups -OCH3 is 1. The van der Waals surface area contributed by atoms with Crippen LogP contribution < -0.4 is 0 Å². The fourth-order valence-electron chi connectivity index (χ4n) is 3.10. The average Bonchev–Trinajstić information content (AvgIpc) is 2.82. The highest BCUT2D eigenvalue weighted by atomic mass is 16.8. The SMILES string of the molecule is CO[C@@H]1O[C@@H](C)[C@H](OCc2ccccc2)[C@H]2OC(C)(C)O[C@@H]12. The molecule has 1 aromatic rings. The Morgan fingerprint density at radius 1 is 1.09 bits per heavy atom. The zero-order valence-corrected chi connectivity index (χ0v) is 13.5. The molecule has 0 radical (unpaired) electrons. The van der Waals surface area contributed by atoms with E-state index in [1.54, 1.807) is 7.11 Å². The molecule has 5 atom stereocenters. The molecule has 2 fully saturated rings. The summed E-state index contributed by atoms with van der Waals surface area (Å²) >= 11 is 0. The molecule has 0 bridgehead atoms. The van der Waals surface area contributed by atoms with E-state index < -0.39 is 12.1 Å². The Morgan fingerprint density at radius 2 is 1.77 bits per heavy atom. The number of fused-ring (bicyclic) bond motifs is 1. The van der Waals surface area contributed by atoms with Gasteiger partial charge in [-0.3, -0.25) is 0 Å². The fourth-order valence-corrected chi connectivity index (χ4v) is 3.10. The normalized spacial score (nSPS) is 37.0. The maximum atomic E-state index is 6.10. The highest BCUT2D eigenvalue weighted by Gasteiger charge is 2.55. The number of rotatable bonds is 4. The van der Waals surface area contributed by atoms with Crippen molar-refractivity contribution in [2.75, 3.05) is 7.11 Å². The first-order valence-corrected chi connectivity index (χ1v) is 7.69. The van der Waals surface area contributed by atoms with Crippen molar-refractivity contribution in [1.82, 2.24) is 0 Å². The van der Waals surface area contributed by atoms with Crippen molar-refractivity contribution in [3.63, 3.8) is 0 Å². The second kappa shape index (κ2) is 6.26. The molecule has 0 amide bonds. The molecule has 3 rings (SSSR count). The molecule has 2 saturated heterocycles. The molecule has 0 N–H and O–H groups in total. The molecule has 22 heavy (non-hydrogen) atoms. The van der Waals surface area contributed by atoms with Gasteiger partial charge in [-0.15, -0.1) is 0 Å². The van der Waals surface area contributed by atoms with Crippen LogP contribution >= 0.6 is 0 Å². The van der Waals surface area contributed by atoms with E-state index in [2.05, 4.69) is 0 Å². The van der Waals surface area contributed by atoms with E-state index in [1.807, 2.05) is 51.1 Å². The summed E-state index contributed by atoms with van der Waals surface area (Å²) in [5.41, 5.74) is 1.12. The molecular weight excluding hydrogens is 284 g/mol. The van der Waals surface area contributed by atoms with E-state index >= 15 is 0 Å². The fraction of sp³-hybridized carbons (Fsp3) is 0.647. The van der Waals surface area contributed by atoms with Gasteiger partial charge in [0.15, 0.2) is 12.1 Å². The van der Waals surface area contributed by atoms with Crippen molar-refractivity contribution in [3.8, 4) is 0 Å². The summed E-state index contributed by atoms with van der Waals surface area (Å²) in [6.07, 6.45) is -1.24. The van der Waals surface area contributed by atoms with Crippen molar-refractivity contribution in [2.45, 2.75) is 63.9 Å². The molecule has 5 heteroatoms. The Balaban J connectivity index is 1.72. The van der Waals surface area contributed by atoms with Crippen LogP contribution in [0.5, 0.6) is 0 Å². The van der Waals surface area contributed by atoms with Gasteiger partial charge in [-0.2, -0.15) is 0 Å². The van der Waals surface area contributed by atoms with E-state index in [4.69, 9.17) is 23.7 Å². The molecule has 0 aliphatic carbocycles. The number of hydrogen-bond acceptors (Lipinski definition) is 5. The minimum atomic E-state index is -0.659. The zero-order valence-electron chi connectivity index (χ0n) is 13.5. The van der Waals surface area contributed by atoms with E-state index in [1.165, 1.54) is 0 Å². The summed E-state index contributed by atoms with van der Waals surface area (Å²) in [6, 6.07) is 10.1. The lowest BCUT2D eigenvalue weighted by molar-refractivity contribution is -0.271. The highest BCUT2D eigenvalue weighted by Crippen LogP contribution is 2.38. The molecule has 0 unspecified atom stereocenters. The molecule has 0 aromatic heterocycles. The Hall–Kier alpha value is -0.980. The van der Waals surface area contributed by atoms with Crippen molar-refractivity contribution < 1.29 is 23.7 Å². The number of hydrogen-bond donors (Lipinski definition) is 0. The first-order valence-electron chi connectivity index (χ1n) is 7.69. The second-order valence-corrected chi connectivity index (χ2v) is 6.27. The van der Waals surface area contributed by atoms with Crippen molar-refractivity contribution in [1.29, 1.82) is 0 Å². The number of ether oxygens (including phenoxy) is 5. The minimum absolute atomic E-state index is 0.132. The number of benzene rings is 1. The van der Waals surface area contributed by atoms with Crippen molar-refractivity contribution >= 4 is 0 Å². The molecule has 0 spiro atoms. The van der Waals surface area contributed by atoms with Gasteiger partial charge < -0.3 is 23.7 Å².